The zero-order chi connectivity index (χ0) is 14.6. The summed E-state index contributed by atoms with van der Waals surface area (Å²) in [5.74, 6) is -0.467. The number of carbonyl (C=O) groups is 1. The number of nitrogens with zero attached hydrogens (tertiary/aromatic N) is 1. The van der Waals surface area contributed by atoms with Crippen LogP contribution in [-0.2, 0) is 4.79 Å². The van der Waals surface area contributed by atoms with Crippen LogP contribution in [0.4, 0.5) is 13.2 Å². The monoisotopic (exact) mass is 285 g/mol. The van der Waals surface area contributed by atoms with E-state index in [1.54, 1.807) is 0 Å². The Morgan fingerprint density at radius 2 is 1.85 bits per heavy atom. The van der Waals surface area contributed by atoms with Crippen LogP contribution in [0, 0.1) is 0 Å². The largest absolute Gasteiger partial charge is 0.397 e. The van der Waals surface area contributed by atoms with E-state index in [0.717, 1.165) is 19.3 Å². The van der Waals surface area contributed by atoms with E-state index in [0.29, 0.717) is 19.0 Å². The van der Waals surface area contributed by atoms with Crippen molar-refractivity contribution in [2.45, 2.75) is 37.8 Å². The van der Waals surface area contributed by atoms with Gasteiger partial charge >= 0.3 is 6.18 Å². The molecule has 1 aliphatic rings. The number of carbonyl (C=O) groups excluding carboxylic acids is 1. The van der Waals surface area contributed by atoms with E-state index in [2.05, 4.69) is 0 Å². The van der Waals surface area contributed by atoms with Crippen molar-refractivity contribution in [1.82, 2.24) is 4.90 Å². The van der Waals surface area contributed by atoms with Crippen LogP contribution in [0.5, 0.6) is 0 Å². The highest BCUT2D eigenvalue weighted by molar-refractivity contribution is 5.76. The molecule has 0 bridgehead atoms. The van der Waals surface area contributed by atoms with E-state index >= 15 is 0 Å². The molecule has 1 heterocycles. The molecule has 0 aromatic heterocycles. The second-order valence-electron chi connectivity index (χ2n) is 5.21. The Morgan fingerprint density at radius 1 is 1.15 bits per heavy atom. The van der Waals surface area contributed by atoms with Crippen molar-refractivity contribution in [3.8, 4) is 0 Å². The van der Waals surface area contributed by atoms with Crippen molar-refractivity contribution in [2.24, 2.45) is 0 Å². The van der Waals surface area contributed by atoms with Gasteiger partial charge in [-0.15, -0.1) is 0 Å². The molecule has 1 aromatic rings. The second-order valence-corrected chi connectivity index (χ2v) is 5.21. The van der Waals surface area contributed by atoms with Gasteiger partial charge in [0.05, 0.1) is 0 Å². The summed E-state index contributed by atoms with van der Waals surface area (Å²) < 4.78 is 36.8. The van der Waals surface area contributed by atoms with Gasteiger partial charge in [0.1, 0.15) is 6.42 Å². The molecule has 110 valence electrons. The number of hydrogen-bond donors (Lipinski definition) is 0. The molecular formula is C15H18F3NO. The number of halogens is 3. The Labute approximate surface area is 116 Å². The molecule has 1 saturated heterocycles. The minimum atomic E-state index is -4.41. The molecule has 20 heavy (non-hydrogen) atoms. The summed E-state index contributed by atoms with van der Waals surface area (Å²) in [7, 11) is 0. The number of rotatable bonds is 2. The fourth-order valence-electron chi connectivity index (χ4n) is 2.69. The maximum absolute atomic E-state index is 12.3. The maximum Gasteiger partial charge on any atom is 0.397 e. The lowest BCUT2D eigenvalue weighted by molar-refractivity contribution is -0.161. The zero-order valence-corrected chi connectivity index (χ0v) is 11.2. The molecule has 0 radical (unpaired) electrons. The first-order valence-corrected chi connectivity index (χ1v) is 6.85. The molecule has 2 nitrogen and oxygen atoms in total. The first kappa shape index (κ1) is 14.9. The van der Waals surface area contributed by atoms with Crippen molar-refractivity contribution >= 4 is 5.91 Å². The summed E-state index contributed by atoms with van der Waals surface area (Å²) in [6, 6.07) is 9.95. The predicted octanol–water partition coefficient (Wildman–Crippen LogP) is 3.74. The third-order valence-corrected chi connectivity index (χ3v) is 3.70. The van der Waals surface area contributed by atoms with Gasteiger partial charge in [-0.25, -0.2) is 0 Å². The summed E-state index contributed by atoms with van der Waals surface area (Å²) in [6.45, 7) is 0.840. The Bertz CT molecular complexity index is 444. The van der Waals surface area contributed by atoms with Crippen LogP contribution in [-0.4, -0.2) is 30.1 Å². The molecular weight excluding hydrogens is 267 g/mol. The van der Waals surface area contributed by atoms with Gasteiger partial charge in [0, 0.05) is 13.1 Å². The van der Waals surface area contributed by atoms with E-state index in [-0.39, 0.29) is 0 Å². The number of hydrogen-bond acceptors (Lipinski definition) is 1. The van der Waals surface area contributed by atoms with Crippen molar-refractivity contribution < 1.29 is 18.0 Å². The van der Waals surface area contributed by atoms with Gasteiger partial charge in [0.15, 0.2) is 0 Å². The summed E-state index contributed by atoms with van der Waals surface area (Å²) in [4.78, 5) is 13.0. The molecule has 0 unspecified atom stereocenters. The van der Waals surface area contributed by atoms with Gasteiger partial charge in [-0.2, -0.15) is 13.2 Å². The predicted molar refractivity (Wildman–Crippen MR) is 70.3 cm³/mol. The average Bonchev–Trinajstić information content (AvgIpc) is 2.63. The average molecular weight is 285 g/mol. The van der Waals surface area contributed by atoms with E-state index in [1.165, 1.54) is 10.5 Å². The maximum atomic E-state index is 12.3. The number of benzene rings is 1. The Kier molecular flexibility index (Phi) is 4.68. The molecule has 2 rings (SSSR count). The SMILES string of the molecule is O=C(CC(F)(F)F)N1CCC[C@H](c2ccccc2)CC1. The molecule has 1 fully saturated rings. The Hall–Kier alpha value is -1.52. The van der Waals surface area contributed by atoms with Crippen molar-refractivity contribution in [3.63, 3.8) is 0 Å². The van der Waals surface area contributed by atoms with E-state index < -0.39 is 18.5 Å². The molecule has 0 N–H and O–H groups in total. The smallest absolute Gasteiger partial charge is 0.342 e. The number of amides is 1. The van der Waals surface area contributed by atoms with Crippen LogP contribution < -0.4 is 0 Å². The lowest BCUT2D eigenvalue weighted by atomic mass is 9.92. The topological polar surface area (TPSA) is 20.3 Å². The number of likely N-dealkylation sites (tertiary alicyclic amines) is 1. The molecule has 1 aromatic carbocycles. The lowest BCUT2D eigenvalue weighted by Crippen LogP contribution is -2.35. The van der Waals surface area contributed by atoms with E-state index in [1.807, 2.05) is 30.3 Å². The zero-order valence-electron chi connectivity index (χ0n) is 11.2. The van der Waals surface area contributed by atoms with Gasteiger partial charge in [0.2, 0.25) is 5.91 Å². The Balaban J connectivity index is 1.94. The first-order chi connectivity index (χ1) is 9.46. The van der Waals surface area contributed by atoms with Crippen LogP contribution in [0.15, 0.2) is 30.3 Å². The summed E-state index contributed by atoms with van der Waals surface area (Å²) >= 11 is 0. The summed E-state index contributed by atoms with van der Waals surface area (Å²) in [5.41, 5.74) is 1.21. The standard InChI is InChI=1S/C15H18F3NO/c16-15(17,18)11-14(20)19-9-4-7-13(8-10-19)12-5-2-1-3-6-12/h1-3,5-6,13H,4,7-11H2/t13-/m0/s1. The van der Waals surface area contributed by atoms with E-state index in [9.17, 15) is 18.0 Å². The van der Waals surface area contributed by atoms with Gasteiger partial charge in [-0.05, 0) is 30.7 Å². The van der Waals surface area contributed by atoms with Gasteiger partial charge < -0.3 is 4.90 Å². The van der Waals surface area contributed by atoms with Crippen LogP contribution in [0.2, 0.25) is 0 Å². The van der Waals surface area contributed by atoms with Gasteiger partial charge in [-0.3, -0.25) is 4.79 Å². The third-order valence-electron chi connectivity index (χ3n) is 3.70. The van der Waals surface area contributed by atoms with E-state index in [4.69, 9.17) is 0 Å². The fraction of sp³-hybridized carbons (Fsp3) is 0.533. The highest BCUT2D eigenvalue weighted by Crippen LogP contribution is 2.29. The van der Waals surface area contributed by atoms with Crippen LogP contribution >= 0.6 is 0 Å². The summed E-state index contributed by atoms with van der Waals surface area (Å²) in [5, 5.41) is 0. The van der Waals surface area contributed by atoms with Gasteiger partial charge in [-0.1, -0.05) is 30.3 Å². The minimum Gasteiger partial charge on any atom is -0.342 e. The Morgan fingerprint density at radius 3 is 2.50 bits per heavy atom. The molecule has 0 aliphatic carbocycles. The third kappa shape index (κ3) is 4.25. The van der Waals surface area contributed by atoms with Crippen molar-refractivity contribution in [3.05, 3.63) is 35.9 Å². The van der Waals surface area contributed by atoms with Crippen LogP contribution in [0.25, 0.3) is 0 Å². The quantitative estimate of drug-likeness (QED) is 0.810. The van der Waals surface area contributed by atoms with Crippen molar-refractivity contribution in [2.75, 3.05) is 13.1 Å². The highest BCUT2D eigenvalue weighted by Gasteiger charge is 2.34. The first-order valence-electron chi connectivity index (χ1n) is 6.85. The van der Waals surface area contributed by atoms with Crippen LogP contribution in [0.1, 0.15) is 37.2 Å². The van der Waals surface area contributed by atoms with Crippen molar-refractivity contribution in [1.29, 1.82) is 0 Å². The second kappa shape index (κ2) is 6.29. The molecule has 1 aliphatic heterocycles. The summed E-state index contributed by atoms with van der Waals surface area (Å²) in [6.07, 6.45) is -3.36. The van der Waals surface area contributed by atoms with Crippen LogP contribution in [0.3, 0.4) is 0 Å². The number of alkyl halides is 3. The highest BCUT2D eigenvalue weighted by atomic mass is 19.4. The minimum absolute atomic E-state index is 0.333. The molecule has 1 atom stereocenters. The molecule has 0 saturated carbocycles. The molecule has 5 heteroatoms. The molecule has 1 amide bonds. The fourth-order valence-corrected chi connectivity index (χ4v) is 2.69. The normalized spacial score (nSPS) is 20.6. The molecule has 0 spiro atoms. The lowest BCUT2D eigenvalue weighted by Gasteiger charge is -2.21. The van der Waals surface area contributed by atoms with Gasteiger partial charge in [0.25, 0.3) is 0 Å².